The van der Waals surface area contributed by atoms with Crippen LogP contribution in [0, 0.1) is 0 Å². The van der Waals surface area contributed by atoms with Crippen LogP contribution in [-0.2, 0) is 9.59 Å². The van der Waals surface area contributed by atoms with Gasteiger partial charge in [-0.05, 0) is 42.3 Å². The number of Topliss-reactive ketones (excluding diaryl/α,β-unsaturated/α-hetero) is 1. The number of likely N-dealkylation sites (N-methyl/N-ethyl adjacent to an activating group) is 1. The van der Waals surface area contributed by atoms with E-state index in [9.17, 15) is 19.8 Å². The quantitative estimate of drug-likeness (QED) is 0.326. The lowest BCUT2D eigenvalue weighted by atomic mass is 9.93. The fraction of sp³-hybridized carbons (Fsp3) is 0.407. The minimum Gasteiger partial charge on any atom is -0.507 e. The molecule has 1 fully saturated rings. The molecule has 34 heavy (non-hydrogen) atoms. The number of aromatic hydroxyl groups is 1. The Hall–Kier alpha value is -3.32. The minimum atomic E-state index is -0.759. The Labute approximate surface area is 201 Å². The summed E-state index contributed by atoms with van der Waals surface area (Å²) in [6.07, 6.45) is 0. The average Bonchev–Trinajstić information content (AvgIpc) is 3.09. The van der Waals surface area contributed by atoms with E-state index in [0.29, 0.717) is 24.8 Å². The van der Waals surface area contributed by atoms with Gasteiger partial charge in [0, 0.05) is 19.2 Å². The Morgan fingerprint density at radius 1 is 1.09 bits per heavy atom. The highest BCUT2D eigenvalue weighted by Crippen LogP contribution is 2.41. The molecule has 0 bridgehead atoms. The van der Waals surface area contributed by atoms with E-state index in [1.165, 1.54) is 24.1 Å². The van der Waals surface area contributed by atoms with Gasteiger partial charge in [-0.25, -0.2) is 0 Å². The second-order valence-electron chi connectivity index (χ2n) is 8.72. The number of aliphatic hydroxyl groups excluding tert-OH is 1. The number of methoxy groups -OCH3 is 1. The van der Waals surface area contributed by atoms with E-state index in [0.717, 1.165) is 24.2 Å². The van der Waals surface area contributed by atoms with Gasteiger partial charge >= 0.3 is 0 Å². The van der Waals surface area contributed by atoms with Gasteiger partial charge in [0.15, 0.2) is 0 Å². The topological polar surface area (TPSA) is 90.3 Å². The predicted octanol–water partition coefficient (Wildman–Crippen LogP) is 4.29. The molecule has 1 aliphatic rings. The van der Waals surface area contributed by atoms with Gasteiger partial charge in [0.05, 0.1) is 24.3 Å². The zero-order chi connectivity index (χ0) is 25.0. The summed E-state index contributed by atoms with van der Waals surface area (Å²) in [5.74, 6) is -1.31. The van der Waals surface area contributed by atoms with Crippen LogP contribution in [0.25, 0.3) is 5.76 Å². The maximum Gasteiger partial charge on any atom is 0.295 e. The number of carbonyl (C=O) groups is 2. The Morgan fingerprint density at radius 2 is 1.74 bits per heavy atom. The second kappa shape index (κ2) is 10.7. The van der Waals surface area contributed by atoms with Gasteiger partial charge in [-0.3, -0.25) is 9.59 Å². The van der Waals surface area contributed by atoms with Crippen molar-refractivity contribution in [3.63, 3.8) is 0 Å². The molecule has 1 amide bonds. The maximum absolute atomic E-state index is 13.2. The number of likely N-dealkylation sites (tertiary alicyclic amines) is 1. The van der Waals surface area contributed by atoms with Crippen LogP contribution in [0.5, 0.6) is 11.5 Å². The number of phenols is 1. The summed E-state index contributed by atoms with van der Waals surface area (Å²) in [6.45, 7) is 10.9. The zero-order valence-electron chi connectivity index (χ0n) is 20.5. The molecule has 0 aliphatic carbocycles. The minimum absolute atomic E-state index is 0.0256. The standard InChI is InChI=1S/C27H34N2O5/c1-6-28(7-2)14-15-29-24(19-10-8-18(9-11-19)17(3)4)23(26(32)27(29)33)25(31)21-13-12-20(34-5)16-22(21)30/h8-13,16-17,24,30-31H,6-7,14-15H2,1-5H3/b25-23+. The molecule has 2 aromatic rings. The molecule has 7 nitrogen and oxygen atoms in total. The molecule has 1 unspecified atom stereocenters. The third-order valence-electron chi connectivity index (χ3n) is 6.47. The maximum atomic E-state index is 13.2. The number of aliphatic hydroxyl groups is 1. The van der Waals surface area contributed by atoms with Crippen molar-refractivity contribution < 1.29 is 24.5 Å². The molecule has 2 N–H and O–H groups in total. The summed E-state index contributed by atoms with van der Waals surface area (Å²) < 4.78 is 5.12. The first-order valence-electron chi connectivity index (χ1n) is 11.7. The number of rotatable bonds is 9. The molecule has 0 saturated carbocycles. The van der Waals surface area contributed by atoms with Gasteiger partial charge in [-0.2, -0.15) is 0 Å². The second-order valence-corrected chi connectivity index (χ2v) is 8.72. The van der Waals surface area contributed by atoms with Gasteiger partial charge in [-0.1, -0.05) is 52.0 Å². The molecule has 1 atom stereocenters. The number of hydrogen-bond acceptors (Lipinski definition) is 6. The number of hydrogen-bond donors (Lipinski definition) is 2. The SMILES string of the molecule is CCN(CC)CCN1C(=O)C(=O)/C(=C(/O)c2ccc(OC)cc2O)C1c1ccc(C(C)C)cc1. The Morgan fingerprint density at radius 3 is 2.26 bits per heavy atom. The van der Waals surface area contributed by atoms with Crippen molar-refractivity contribution in [2.24, 2.45) is 0 Å². The normalized spacial score (nSPS) is 17.7. The lowest BCUT2D eigenvalue weighted by Gasteiger charge is -2.28. The first-order chi connectivity index (χ1) is 16.2. The summed E-state index contributed by atoms with van der Waals surface area (Å²) >= 11 is 0. The smallest absolute Gasteiger partial charge is 0.295 e. The highest BCUT2D eigenvalue weighted by Gasteiger charge is 2.46. The summed E-state index contributed by atoms with van der Waals surface area (Å²) in [6, 6.07) is 11.4. The summed E-state index contributed by atoms with van der Waals surface area (Å²) in [7, 11) is 1.47. The highest BCUT2D eigenvalue weighted by atomic mass is 16.5. The fourth-order valence-electron chi connectivity index (χ4n) is 4.29. The molecule has 7 heteroatoms. The molecule has 2 aromatic carbocycles. The Kier molecular flexibility index (Phi) is 7.99. The number of ether oxygens (including phenoxy) is 1. The number of nitrogens with zero attached hydrogens (tertiary/aromatic N) is 2. The van der Waals surface area contributed by atoms with E-state index in [4.69, 9.17) is 4.74 Å². The van der Waals surface area contributed by atoms with Gasteiger partial charge < -0.3 is 24.7 Å². The van der Waals surface area contributed by atoms with E-state index in [-0.39, 0.29) is 16.9 Å². The van der Waals surface area contributed by atoms with Gasteiger partial charge in [0.2, 0.25) is 0 Å². The summed E-state index contributed by atoms with van der Waals surface area (Å²) in [5.41, 5.74) is 1.92. The van der Waals surface area contributed by atoms with Crippen LogP contribution >= 0.6 is 0 Å². The van der Waals surface area contributed by atoms with E-state index < -0.39 is 23.5 Å². The summed E-state index contributed by atoms with van der Waals surface area (Å²) in [4.78, 5) is 30.0. The van der Waals surface area contributed by atoms with E-state index in [1.54, 1.807) is 6.07 Å². The van der Waals surface area contributed by atoms with Crippen molar-refractivity contribution in [3.05, 3.63) is 64.7 Å². The van der Waals surface area contributed by atoms with Crippen molar-refractivity contribution in [1.82, 2.24) is 9.80 Å². The number of amides is 1. The molecule has 1 aliphatic heterocycles. The lowest BCUT2D eigenvalue weighted by Crippen LogP contribution is -2.38. The van der Waals surface area contributed by atoms with Crippen molar-refractivity contribution in [2.75, 3.05) is 33.3 Å². The van der Waals surface area contributed by atoms with Crippen LogP contribution in [0.1, 0.15) is 56.3 Å². The molecule has 1 heterocycles. The third-order valence-corrected chi connectivity index (χ3v) is 6.47. The van der Waals surface area contributed by atoms with E-state index in [1.807, 2.05) is 38.1 Å². The fourth-order valence-corrected chi connectivity index (χ4v) is 4.29. The summed E-state index contributed by atoms with van der Waals surface area (Å²) in [5, 5.41) is 21.7. The number of ketones is 1. The van der Waals surface area contributed by atoms with Gasteiger partial charge in [0.1, 0.15) is 17.3 Å². The number of phenolic OH excluding ortho intramolecular Hbond substituents is 1. The van der Waals surface area contributed by atoms with Gasteiger partial charge in [0.25, 0.3) is 11.7 Å². The molecular formula is C27H34N2O5. The van der Waals surface area contributed by atoms with Crippen molar-refractivity contribution >= 4 is 17.4 Å². The average molecular weight is 467 g/mol. The van der Waals surface area contributed by atoms with Crippen LogP contribution in [0.3, 0.4) is 0 Å². The Balaban J connectivity index is 2.12. The number of benzene rings is 2. The third kappa shape index (κ3) is 4.94. The number of carbonyl (C=O) groups excluding carboxylic acids is 2. The molecule has 182 valence electrons. The van der Waals surface area contributed by atoms with Crippen LogP contribution < -0.4 is 4.74 Å². The largest absolute Gasteiger partial charge is 0.507 e. The van der Waals surface area contributed by atoms with Crippen molar-refractivity contribution in [1.29, 1.82) is 0 Å². The van der Waals surface area contributed by atoms with Gasteiger partial charge in [-0.15, -0.1) is 0 Å². The van der Waals surface area contributed by atoms with E-state index in [2.05, 4.69) is 18.7 Å². The molecule has 0 spiro atoms. The molecule has 3 rings (SSSR count). The first-order valence-corrected chi connectivity index (χ1v) is 11.7. The predicted molar refractivity (Wildman–Crippen MR) is 132 cm³/mol. The van der Waals surface area contributed by atoms with Crippen LogP contribution in [0.4, 0.5) is 0 Å². The van der Waals surface area contributed by atoms with E-state index >= 15 is 0 Å². The first kappa shape index (κ1) is 25.3. The zero-order valence-corrected chi connectivity index (χ0v) is 20.5. The molecule has 1 saturated heterocycles. The Bertz CT molecular complexity index is 1070. The van der Waals surface area contributed by atoms with Crippen molar-refractivity contribution in [3.8, 4) is 11.5 Å². The van der Waals surface area contributed by atoms with Crippen LogP contribution in [0.2, 0.25) is 0 Å². The molecular weight excluding hydrogens is 432 g/mol. The highest BCUT2D eigenvalue weighted by molar-refractivity contribution is 6.46. The van der Waals surface area contributed by atoms with Crippen LogP contribution in [0.15, 0.2) is 48.0 Å². The monoisotopic (exact) mass is 466 g/mol. The van der Waals surface area contributed by atoms with Crippen molar-refractivity contribution in [2.45, 2.75) is 39.7 Å². The molecule has 0 aromatic heterocycles. The van der Waals surface area contributed by atoms with Crippen LogP contribution in [-0.4, -0.2) is 65.0 Å². The molecule has 0 radical (unpaired) electrons. The lowest BCUT2D eigenvalue weighted by molar-refractivity contribution is -0.140.